The number of carbonyl (C=O) groups excluding carboxylic acids is 1. The summed E-state index contributed by atoms with van der Waals surface area (Å²) in [5.41, 5.74) is 11.4. The molecular formula is C23H22N2O2. The number of aliphatic hydroxyl groups is 1. The number of anilines is 1. The molecule has 0 fully saturated rings. The standard InChI is InChI=1S/C23H22N2O2/c24-15-18-4-9-20(10-5-18)21-3-1-2-17(14-21)8-13-23(27)25-22-11-6-19(16-26)7-12-22/h1-14,26H,15-16,24H2,(H,25,27)/b13-8+. The van der Waals surface area contributed by atoms with Crippen LogP contribution in [0.4, 0.5) is 5.69 Å². The van der Waals surface area contributed by atoms with Gasteiger partial charge in [-0.15, -0.1) is 0 Å². The molecule has 0 aliphatic rings. The van der Waals surface area contributed by atoms with E-state index in [1.165, 1.54) is 6.08 Å². The zero-order valence-corrected chi connectivity index (χ0v) is 14.9. The average Bonchev–Trinajstić information content (AvgIpc) is 2.73. The molecule has 0 aromatic heterocycles. The van der Waals surface area contributed by atoms with Crippen LogP contribution in [0, 0.1) is 0 Å². The zero-order chi connectivity index (χ0) is 19.1. The van der Waals surface area contributed by atoms with Crippen LogP contribution in [0.3, 0.4) is 0 Å². The Morgan fingerprint density at radius 2 is 1.63 bits per heavy atom. The third-order valence-electron chi connectivity index (χ3n) is 4.24. The van der Waals surface area contributed by atoms with Crippen molar-refractivity contribution in [2.75, 3.05) is 5.32 Å². The van der Waals surface area contributed by atoms with Crippen molar-refractivity contribution < 1.29 is 9.90 Å². The number of aliphatic hydroxyl groups excluding tert-OH is 1. The van der Waals surface area contributed by atoms with E-state index in [2.05, 4.69) is 5.32 Å². The van der Waals surface area contributed by atoms with Gasteiger partial charge < -0.3 is 16.2 Å². The van der Waals surface area contributed by atoms with E-state index in [1.807, 2.05) is 48.5 Å². The second kappa shape index (κ2) is 8.94. The first-order valence-electron chi connectivity index (χ1n) is 8.76. The SMILES string of the molecule is NCc1ccc(-c2cccc(/C=C/C(=O)Nc3ccc(CO)cc3)c2)cc1. The second-order valence-electron chi connectivity index (χ2n) is 6.20. The number of nitrogens with two attached hydrogens (primary N) is 1. The average molecular weight is 358 g/mol. The summed E-state index contributed by atoms with van der Waals surface area (Å²) >= 11 is 0. The van der Waals surface area contributed by atoms with Crippen LogP contribution in [0.1, 0.15) is 16.7 Å². The van der Waals surface area contributed by atoms with Gasteiger partial charge in [0.25, 0.3) is 0 Å². The molecule has 0 radical (unpaired) electrons. The molecule has 136 valence electrons. The summed E-state index contributed by atoms with van der Waals surface area (Å²) in [6.45, 7) is 0.514. The van der Waals surface area contributed by atoms with Crippen LogP contribution >= 0.6 is 0 Å². The highest BCUT2D eigenvalue weighted by Crippen LogP contribution is 2.21. The van der Waals surface area contributed by atoms with Crippen LogP contribution in [-0.2, 0) is 17.9 Å². The Labute approximate surface area is 159 Å². The van der Waals surface area contributed by atoms with Gasteiger partial charge in [-0.05, 0) is 52.1 Å². The molecule has 3 rings (SSSR count). The lowest BCUT2D eigenvalue weighted by molar-refractivity contribution is -0.111. The molecule has 0 bridgehead atoms. The third kappa shape index (κ3) is 5.14. The largest absolute Gasteiger partial charge is 0.392 e. The quantitative estimate of drug-likeness (QED) is 0.584. The Morgan fingerprint density at radius 3 is 2.30 bits per heavy atom. The Kier molecular flexibility index (Phi) is 6.15. The number of hydrogen-bond acceptors (Lipinski definition) is 3. The fourth-order valence-electron chi connectivity index (χ4n) is 2.70. The molecule has 27 heavy (non-hydrogen) atoms. The highest BCUT2D eigenvalue weighted by atomic mass is 16.3. The normalized spacial score (nSPS) is 10.9. The lowest BCUT2D eigenvalue weighted by Crippen LogP contribution is -2.07. The van der Waals surface area contributed by atoms with Crippen LogP contribution in [0.2, 0.25) is 0 Å². The van der Waals surface area contributed by atoms with E-state index >= 15 is 0 Å². The number of nitrogens with one attached hydrogen (secondary N) is 1. The molecule has 0 atom stereocenters. The molecule has 0 unspecified atom stereocenters. The van der Waals surface area contributed by atoms with Crippen molar-refractivity contribution in [1.29, 1.82) is 0 Å². The van der Waals surface area contributed by atoms with Gasteiger partial charge in [-0.3, -0.25) is 4.79 Å². The maximum absolute atomic E-state index is 12.1. The topological polar surface area (TPSA) is 75.4 Å². The molecular weight excluding hydrogens is 336 g/mol. The van der Waals surface area contributed by atoms with Gasteiger partial charge >= 0.3 is 0 Å². The van der Waals surface area contributed by atoms with Crippen molar-refractivity contribution in [2.45, 2.75) is 13.2 Å². The van der Waals surface area contributed by atoms with Crippen LogP contribution in [0.25, 0.3) is 17.2 Å². The highest BCUT2D eigenvalue weighted by molar-refractivity contribution is 6.02. The lowest BCUT2D eigenvalue weighted by Gasteiger charge is -2.05. The third-order valence-corrected chi connectivity index (χ3v) is 4.24. The molecule has 4 N–H and O–H groups in total. The van der Waals surface area contributed by atoms with Gasteiger partial charge in [0, 0.05) is 18.3 Å². The first-order chi connectivity index (χ1) is 13.2. The maximum Gasteiger partial charge on any atom is 0.248 e. The van der Waals surface area contributed by atoms with Gasteiger partial charge in [-0.2, -0.15) is 0 Å². The highest BCUT2D eigenvalue weighted by Gasteiger charge is 2.01. The molecule has 4 heteroatoms. The minimum absolute atomic E-state index is 0.0145. The first-order valence-corrected chi connectivity index (χ1v) is 8.76. The second-order valence-corrected chi connectivity index (χ2v) is 6.20. The van der Waals surface area contributed by atoms with E-state index in [0.717, 1.165) is 27.8 Å². The summed E-state index contributed by atoms with van der Waals surface area (Å²) in [6.07, 6.45) is 3.30. The minimum atomic E-state index is -0.204. The molecule has 0 spiro atoms. The molecule has 0 heterocycles. The van der Waals surface area contributed by atoms with Gasteiger partial charge in [0.15, 0.2) is 0 Å². The number of benzene rings is 3. The summed E-state index contributed by atoms with van der Waals surface area (Å²) < 4.78 is 0. The van der Waals surface area contributed by atoms with Crippen LogP contribution < -0.4 is 11.1 Å². The van der Waals surface area contributed by atoms with E-state index < -0.39 is 0 Å². The van der Waals surface area contributed by atoms with E-state index in [9.17, 15) is 4.79 Å². The van der Waals surface area contributed by atoms with Crippen molar-refractivity contribution in [3.8, 4) is 11.1 Å². The number of carbonyl (C=O) groups is 1. The number of amides is 1. The fourth-order valence-corrected chi connectivity index (χ4v) is 2.70. The van der Waals surface area contributed by atoms with Crippen molar-refractivity contribution in [2.24, 2.45) is 5.73 Å². The van der Waals surface area contributed by atoms with Crippen molar-refractivity contribution in [3.05, 3.63) is 95.6 Å². The number of rotatable bonds is 6. The van der Waals surface area contributed by atoms with E-state index in [1.54, 1.807) is 30.3 Å². The molecule has 3 aromatic rings. The zero-order valence-electron chi connectivity index (χ0n) is 14.9. The predicted molar refractivity (Wildman–Crippen MR) is 110 cm³/mol. The Bertz CT molecular complexity index is 929. The lowest BCUT2D eigenvalue weighted by atomic mass is 10.0. The van der Waals surface area contributed by atoms with Gasteiger partial charge in [0.05, 0.1) is 6.61 Å². The smallest absolute Gasteiger partial charge is 0.248 e. The number of hydrogen-bond donors (Lipinski definition) is 3. The van der Waals surface area contributed by atoms with Gasteiger partial charge in [-0.1, -0.05) is 54.6 Å². The Morgan fingerprint density at radius 1 is 0.926 bits per heavy atom. The molecule has 0 aliphatic heterocycles. The van der Waals surface area contributed by atoms with E-state index in [-0.39, 0.29) is 12.5 Å². The van der Waals surface area contributed by atoms with E-state index in [4.69, 9.17) is 10.8 Å². The molecule has 1 amide bonds. The van der Waals surface area contributed by atoms with Gasteiger partial charge in [-0.25, -0.2) is 0 Å². The van der Waals surface area contributed by atoms with Gasteiger partial charge in [0.1, 0.15) is 0 Å². The van der Waals surface area contributed by atoms with E-state index in [0.29, 0.717) is 12.2 Å². The summed E-state index contributed by atoms with van der Waals surface area (Å²) in [6, 6.07) is 23.2. The summed E-state index contributed by atoms with van der Waals surface area (Å²) in [5, 5.41) is 11.9. The monoisotopic (exact) mass is 358 g/mol. The molecule has 4 nitrogen and oxygen atoms in total. The van der Waals surface area contributed by atoms with Crippen molar-refractivity contribution in [1.82, 2.24) is 0 Å². The van der Waals surface area contributed by atoms with Gasteiger partial charge in [0.2, 0.25) is 5.91 Å². The minimum Gasteiger partial charge on any atom is -0.392 e. The summed E-state index contributed by atoms with van der Waals surface area (Å²) in [5.74, 6) is -0.204. The maximum atomic E-state index is 12.1. The predicted octanol–water partition coefficient (Wildman–Crippen LogP) is 3.96. The van der Waals surface area contributed by atoms with Crippen LogP contribution in [0.15, 0.2) is 78.9 Å². The van der Waals surface area contributed by atoms with Crippen molar-refractivity contribution in [3.63, 3.8) is 0 Å². The Balaban J connectivity index is 1.68. The Hall–Kier alpha value is -3.21. The van der Waals surface area contributed by atoms with Crippen LogP contribution in [-0.4, -0.2) is 11.0 Å². The summed E-state index contributed by atoms with van der Waals surface area (Å²) in [4.78, 5) is 12.1. The molecule has 0 saturated carbocycles. The first kappa shape index (κ1) is 18.6. The fraction of sp³-hybridized carbons (Fsp3) is 0.0870. The van der Waals surface area contributed by atoms with Crippen molar-refractivity contribution >= 4 is 17.7 Å². The summed E-state index contributed by atoms with van der Waals surface area (Å²) in [7, 11) is 0. The molecule has 0 aliphatic carbocycles. The molecule has 3 aromatic carbocycles. The molecule has 0 saturated heterocycles. The van der Waals surface area contributed by atoms with Crippen LogP contribution in [0.5, 0.6) is 0 Å².